The third-order valence-corrected chi connectivity index (χ3v) is 0.446. The number of terminal acetylenes is 1. The lowest BCUT2D eigenvalue weighted by Gasteiger charge is -1.92. The second-order valence-corrected chi connectivity index (χ2v) is 1.60. The summed E-state index contributed by atoms with van der Waals surface area (Å²) in [4.78, 5) is 18.8. The van der Waals surface area contributed by atoms with Crippen molar-refractivity contribution in [3.05, 3.63) is 0 Å². The van der Waals surface area contributed by atoms with Gasteiger partial charge in [-0.05, 0) is 0 Å². The zero-order valence-electron chi connectivity index (χ0n) is 5.99. The van der Waals surface area contributed by atoms with Crippen molar-refractivity contribution >= 4 is 23.0 Å². The number of ether oxygens (including phenoxy) is 1. The smallest absolute Gasteiger partial charge is 0.401 e. The maximum atomic E-state index is 10.0. The SMILES string of the molecule is C#CCOC(=O)CO.O=C(O)Cl. The van der Waals surface area contributed by atoms with Crippen LogP contribution in [-0.2, 0) is 9.53 Å². The average Bonchev–Trinajstić information content (AvgIpc) is 1.99. The van der Waals surface area contributed by atoms with Crippen molar-refractivity contribution in [2.75, 3.05) is 13.2 Å². The van der Waals surface area contributed by atoms with E-state index in [1.54, 1.807) is 0 Å². The summed E-state index contributed by atoms with van der Waals surface area (Å²) in [5.41, 5.74) is -1.36. The van der Waals surface area contributed by atoms with Crippen LogP contribution in [0.4, 0.5) is 4.79 Å². The quantitative estimate of drug-likeness (QED) is 0.369. The molecule has 12 heavy (non-hydrogen) atoms. The van der Waals surface area contributed by atoms with Gasteiger partial charge < -0.3 is 14.9 Å². The Bertz CT molecular complexity index is 179. The largest absolute Gasteiger partial charge is 0.469 e. The van der Waals surface area contributed by atoms with Gasteiger partial charge in [0.15, 0.2) is 6.61 Å². The van der Waals surface area contributed by atoms with Gasteiger partial charge in [-0.3, -0.25) is 0 Å². The molecule has 0 aliphatic carbocycles. The summed E-state index contributed by atoms with van der Waals surface area (Å²) in [6.45, 7) is -0.679. The van der Waals surface area contributed by atoms with Crippen molar-refractivity contribution in [2.24, 2.45) is 0 Å². The van der Waals surface area contributed by atoms with E-state index in [0.29, 0.717) is 0 Å². The maximum absolute atomic E-state index is 10.0. The summed E-state index contributed by atoms with van der Waals surface area (Å²) in [6.07, 6.45) is 4.72. The fraction of sp³-hybridized carbons (Fsp3) is 0.333. The topological polar surface area (TPSA) is 83.8 Å². The molecule has 0 saturated heterocycles. The highest BCUT2D eigenvalue weighted by Crippen LogP contribution is 1.72. The Morgan fingerprint density at radius 3 is 2.25 bits per heavy atom. The van der Waals surface area contributed by atoms with Crippen LogP contribution < -0.4 is 0 Å². The van der Waals surface area contributed by atoms with Crippen LogP contribution in [0.25, 0.3) is 0 Å². The molecule has 68 valence electrons. The van der Waals surface area contributed by atoms with E-state index in [-0.39, 0.29) is 6.61 Å². The summed E-state index contributed by atoms with van der Waals surface area (Å²) in [7, 11) is 0. The second kappa shape index (κ2) is 9.75. The maximum Gasteiger partial charge on any atom is 0.401 e. The molecule has 0 aromatic carbocycles. The highest BCUT2D eigenvalue weighted by Gasteiger charge is 1.94. The molecular weight excluding hydrogens is 188 g/mol. The number of carboxylic acid groups (broad SMARTS) is 1. The minimum absolute atomic E-state index is 0.0700. The molecule has 6 heteroatoms. The number of hydrogen-bond donors (Lipinski definition) is 2. The molecule has 0 atom stereocenters. The van der Waals surface area contributed by atoms with E-state index in [2.05, 4.69) is 22.3 Å². The van der Waals surface area contributed by atoms with Crippen LogP contribution in [0.15, 0.2) is 0 Å². The van der Waals surface area contributed by atoms with Crippen LogP contribution in [0.5, 0.6) is 0 Å². The summed E-state index contributed by atoms with van der Waals surface area (Å²) in [6, 6.07) is 0. The van der Waals surface area contributed by atoms with Crippen molar-refractivity contribution in [3.8, 4) is 12.3 Å². The van der Waals surface area contributed by atoms with Crippen molar-refractivity contribution in [3.63, 3.8) is 0 Å². The molecule has 0 bridgehead atoms. The van der Waals surface area contributed by atoms with Crippen LogP contribution in [0.3, 0.4) is 0 Å². The van der Waals surface area contributed by atoms with Gasteiger partial charge in [0.1, 0.15) is 6.61 Å². The monoisotopic (exact) mass is 194 g/mol. The number of aliphatic hydroxyl groups is 1. The number of esters is 1. The summed E-state index contributed by atoms with van der Waals surface area (Å²) in [5, 5.41) is 15.2. The molecule has 0 unspecified atom stereocenters. The molecule has 0 rings (SSSR count). The number of rotatable bonds is 2. The van der Waals surface area contributed by atoms with Crippen LogP contribution in [0.2, 0.25) is 0 Å². The van der Waals surface area contributed by atoms with Crippen molar-refractivity contribution in [1.82, 2.24) is 0 Å². The van der Waals surface area contributed by atoms with Crippen LogP contribution >= 0.6 is 11.6 Å². The van der Waals surface area contributed by atoms with Gasteiger partial charge in [0.2, 0.25) is 0 Å². The van der Waals surface area contributed by atoms with E-state index >= 15 is 0 Å². The predicted octanol–water partition coefficient (Wildman–Crippen LogP) is 0.0583. The molecule has 0 aliphatic heterocycles. The van der Waals surface area contributed by atoms with Gasteiger partial charge in [-0.1, -0.05) is 5.92 Å². The van der Waals surface area contributed by atoms with E-state index < -0.39 is 18.0 Å². The number of carbonyl (C=O) groups excluding carboxylic acids is 1. The number of halogens is 1. The molecule has 0 spiro atoms. The minimum atomic E-state index is -1.36. The number of hydrogen-bond acceptors (Lipinski definition) is 4. The first-order chi connectivity index (χ1) is 5.54. The molecule has 2 N–H and O–H groups in total. The first-order valence-electron chi connectivity index (χ1n) is 2.63. The van der Waals surface area contributed by atoms with Gasteiger partial charge in [0, 0.05) is 11.6 Å². The first-order valence-corrected chi connectivity index (χ1v) is 3.00. The lowest BCUT2D eigenvalue weighted by Crippen LogP contribution is -2.08. The van der Waals surface area contributed by atoms with E-state index in [1.165, 1.54) is 0 Å². The minimum Gasteiger partial charge on any atom is -0.469 e. The number of carbonyl (C=O) groups is 2. The van der Waals surface area contributed by atoms with E-state index in [9.17, 15) is 4.79 Å². The van der Waals surface area contributed by atoms with Crippen molar-refractivity contribution in [2.45, 2.75) is 0 Å². The van der Waals surface area contributed by atoms with Gasteiger partial charge in [-0.25, -0.2) is 9.59 Å². The second-order valence-electron chi connectivity index (χ2n) is 1.28. The third kappa shape index (κ3) is 23.3. The zero-order chi connectivity index (χ0) is 9.98. The molecular formula is C6H7ClO5. The Morgan fingerprint density at radius 2 is 2.00 bits per heavy atom. The van der Waals surface area contributed by atoms with Crippen molar-refractivity contribution < 1.29 is 24.5 Å². The number of aliphatic hydroxyl groups excluding tert-OH is 1. The van der Waals surface area contributed by atoms with E-state index in [1.807, 2.05) is 0 Å². The molecule has 5 nitrogen and oxygen atoms in total. The molecule has 0 aromatic heterocycles. The van der Waals surface area contributed by atoms with Gasteiger partial charge in [-0.15, -0.1) is 6.42 Å². The highest BCUT2D eigenvalue weighted by molar-refractivity contribution is 6.60. The average molecular weight is 195 g/mol. The van der Waals surface area contributed by atoms with Gasteiger partial charge in [0.25, 0.3) is 0 Å². The Hall–Kier alpha value is -1.25. The summed E-state index contributed by atoms with van der Waals surface area (Å²) < 4.78 is 4.22. The van der Waals surface area contributed by atoms with Gasteiger partial charge in [-0.2, -0.15) is 0 Å². The summed E-state index contributed by atoms with van der Waals surface area (Å²) in [5.74, 6) is 1.39. The molecule has 0 saturated carbocycles. The summed E-state index contributed by atoms with van der Waals surface area (Å²) >= 11 is 4.19. The molecule has 0 aliphatic rings. The Kier molecular flexibility index (Phi) is 10.8. The molecule has 0 fully saturated rings. The Morgan fingerprint density at radius 1 is 1.58 bits per heavy atom. The molecule has 0 radical (unpaired) electrons. The fourth-order valence-corrected chi connectivity index (χ4v) is 0.168. The highest BCUT2D eigenvalue weighted by atomic mass is 35.5. The van der Waals surface area contributed by atoms with E-state index in [0.717, 1.165) is 0 Å². The Labute approximate surface area is 73.9 Å². The fourth-order valence-electron chi connectivity index (χ4n) is 0.168. The van der Waals surface area contributed by atoms with Crippen molar-refractivity contribution in [1.29, 1.82) is 0 Å². The van der Waals surface area contributed by atoms with Crippen LogP contribution in [0.1, 0.15) is 0 Å². The lowest BCUT2D eigenvalue weighted by molar-refractivity contribution is -0.145. The predicted molar refractivity (Wildman–Crippen MR) is 40.8 cm³/mol. The Balaban J connectivity index is 0. The van der Waals surface area contributed by atoms with Crippen LogP contribution in [-0.4, -0.2) is 34.8 Å². The molecule has 0 heterocycles. The van der Waals surface area contributed by atoms with Gasteiger partial charge in [0.05, 0.1) is 0 Å². The zero-order valence-corrected chi connectivity index (χ0v) is 6.74. The standard InChI is InChI=1S/C5H6O3.CHClO2/c1-2-3-8-5(7)4-6;2-1(3)4/h1,6H,3-4H2;(H,3,4). The molecule has 0 amide bonds. The van der Waals surface area contributed by atoms with Gasteiger partial charge >= 0.3 is 11.4 Å². The molecule has 0 aromatic rings. The van der Waals surface area contributed by atoms with E-state index in [4.69, 9.17) is 21.4 Å². The lowest BCUT2D eigenvalue weighted by atomic mass is 10.7. The normalized spacial score (nSPS) is 7.08. The third-order valence-electron chi connectivity index (χ3n) is 0.446. The first kappa shape index (κ1) is 13.3. The van der Waals surface area contributed by atoms with Crippen LogP contribution in [0, 0.1) is 12.3 Å².